The maximum atomic E-state index is 2.49. The molecule has 2 aliphatic rings. The van der Waals surface area contributed by atoms with E-state index in [-0.39, 0.29) is 0 Å². The molecule has 0 bridgehead atoms. The van der Waals surface area contributed by atoms with E-state index in [1.165, 1.54) is 132 Å². The van der Waals surface area contributed by atoms with Crippen LogP contribution in [0.2, 0.25) is 0 Å². The lowest BCUT2D eigenvalue weighted by molar-refractivity contribution is 1.61. The predicted molar refractivity (Wildman–Crippen MR) is 255 cm³/mol. The topological polar surface area (TPSA) is 0 Å². The SMILES string of the molecule is c1ccc(-c2ccc3c(c2)-c2cccc4c(-c5ccc6c(-c7ccccc7)c7c(c(-c8ccccc8)c6c5)-c5cccc6c(-c8ccccc8)ccc-7c56)ccc-3c24)cc1. The van der Waals surface area contributed by atoms with Gasteiger partial charge in [-0.25, -0.2) is 0 Å². The van der Waals surface area contributed by atoms with E-state index in [2.05, 4.69) is 218 Å². The van der Waals surface area contributed by atoms with Gasteiger partial charge in [0.1, 0.15) is 0 Å². The fourth-order valence-corrected chi connectivity index (χ4v) is 10.6. The third-order valence-electron chi connectivity index (χ3n) is 13.2. The van der Waals surface area contributed by atoms with Crippen molar-refractivity contribution in [1.82, 2.24) is 0 Å². The summed E-state index contributed by atoms with van der Waals surface area (Å²) in [6.45, 7) is 0. The maximum Gasteiger partial charge on any atom is -0.000741 e. The van der Waals surface area contributed by atoms with Gasteiger partial charge in [-0.05, 0) is 145 Å². The van der Waals surface area contributed by atoms with Gasteiger partial charge in [-0.3, -0.25) is 0 Å². The maximum absolute atomic E-state index is 2.49. The van der Waals surface area contributed by atoms with Crippen LogP contribution in [0.1, 0.15) is 0 Å². The van der Waals surface area contributed by atoms with Crippen molar-refractivity contribution in [3.05, 3.63) is 218 Å². The Kier molecular flexibility index (Phi) is 7.11. The van der Waals surface area contributed by atoms with E-state index < -0.39 is 0 Å². The molecule has 0 radical (unpaired) electrons. The van der Waals surface area contributed by atoms with Crippen LogP contribution in [0.25, 0.3) is 132 Å². The monoisotopic (exact) mass is 756 g/mol. The van der Waals surface area contributed by atoms with Gasteiger partial charge in [-0.1, -0.05) is 206 Å². The first kappa shape index (κ1) is 33.2. The molecule has 0 aliphatic heterocycles. The van der Waals surface area contributed by atoms with Crippen molar-refractivity contribution in [2.24, 2.45) is 0 Å². The molecule has 0 heteroatoms. The molecule has 11 aromatic rings. The summed E-state index contributed by atoms with van der Waals surface area (Å²) in [6.07, 6.45) is 0. The lowest BCUT2D eigenvalue weighted by Crippen LogP contribution is -1.94. The Morgan fingerprint density at radius 3 is 1.27 bits per heavy atom. The molecule has 0 fully saturated rings. The highest BCUT2D eigenvalue weighted by Crippen LogP contribution is 2.59. The first-order valence-electron chi connectivity index (χ1n) is 20.9. The van der Waals surface area contributed by atoms with Gasteiger partial charge in [0.15, 0.2) is 0 Å². The Hall–Kier alpha value is -7.80. The molecule has 11 aromatic carbocycles. The van der Waals surface area contributed by atoms with Crippen LogP contribution in [0.4, 0.5) is 0 Å². The van der Waals surface area contributed by atoms with Crippen molar-refractivity contribution in [2.75, 3.05) is 0 Å². The first-order valence-corrected chi connectivity index (χ1v) is 20.9. The van der Waals surface area contributed by atoms with Crippen molar-refractivity contribution in [3.8, 4) is 100 Å². The average Bonchev–Trinajstić information content (AvgIpc) is 3.83. The Balaban J connectivity index is 1.09. The molecule has 0 atom stereocenters. The first-order chi connectivity index (χ1) is 29.8. The summed E-state index contributed by atoms with van der Waals surface area (Å²) < 4.78 is 0. The van der Waals surface area contributed by atoms with Gasteiger partial charge in [0.2, 0.25) is 0 Å². The molecule has 0 amide bonds. The zero-order chi connectivity index (χ0) is 39.3. The zero-order valence-electron chi connectivity index (χ0n) is 32.8. The molecular weight excluding hydrogens is 721 g/mol. The molecular formula is C60H36. The van der Waals surface area contributed by atoms with Crippen LogP contribution in [0.5, 0.6) is 0 Å². The van der Waals surface area contributed by atoms with Crippen LogP contribution >= 0.6 is 0 Å². The molecule has 276 valence electrons. The minimum absolute atomic E-state index is 1.23. The Morgan fingerprint density at radius 1 is 0.167 bits per heavy atom. The van der Waals surface area contributed by atoms with E-state index >= 15 is 0 Å². The van der Waals surface area contributed by atoms with Crippen molar-refractivity contribution in [3.63, 3.8) is 0 Å². The van der Waals surface area contributed by atoms with Gasteiger partial charge in [-0.2, -0.15) is 0 Å². The van der Waals surface area contributed by atoms with Gasteiger partial charge in [-0.15, -0.1) is 0 Å². The summed E-state index contributed by atoms with van der Waals surface area (Å²) in [7, 11) is 0. The number of fused-ring (bicyclic) bond motifs is 7. The summed E-state index contributed by atoms with van der Waals surface area (Å²) >= 11 is 0. The smallest absolute Gasteiger partial charge is 0.000741 e. The van der Waals surface area contributed by atoms with Gasteiger partial charge in [0.05, 0.1) is 0 Å². The quantitative estimate of drug-likeness (QED) is 0.164. The van der Waals surface area contributed by atoms with Gasteiger partial charge < -0.3 is 0 Å². The number of hydrogen-bond donors (Lipinski definition) is 0. The molecule has 2 aliphatic carbocycles. The number of benzene rings is 11. The van der Waals surface area contributed by atoms with Crippen molar-refractivity contribution in [1.29, 1.82) is 0 Å². The van der Waals surface area contributed by atoms with Crippen LogP contribution in [0, 0.1) is 0 Å². The third-order valence-corrected chi connectivity index (χ3v) is 13.2. The predicted octanol–water partition coefficient (Wildman–Crippen LogP) is 16.8. The van der Waals surface area contributed by atoms with E-state index in [9.17, 15) is 0 Å². The molecule has 0 spiro atoms. The van der Waals surface area contributed by atoms with Gasteiger partial charge >= 0.3 is 0 Å². The van der Waals surface area contributed by atoms with E-state index in [0.29, 0.717) is 0 Å². The Labute approximate surface area is 349 Å². The van der Waals surface area contributed by atoms with Crippen molar-refractivity contribution < 1.29 is 0 Å². The highest BCUT2D eigenvalue weighted by atomic mass is 14.3. The van der Waals surface area contributed by atoms with Crippen molar-refractivity contribution in [2.45, 2.75) is 0 Å². The van der Waals surface area contributed by atoms with E-state index in [4.69, 9.17) is 0 Å². The molecule has 0 aromatic heterocycles. The summed E-state index contributed by atoms with van der Waals surface area (Å²) in [5.74, 6) is 0. The number of hydrogen-bond acceptors (Lipinski definition) is 0. The number of rotatable bonds is 5. The molecule has 0 N–H and O–H groups in total. The Morgan fingerprint density at radius 2 is 0.617 bits per heavy atom. The van der Waals surface area contributed by atoms with E-state index in [1.807, 2.05) is 0 Å². The Bertz CT molecular complexity index is 3540. The third kappa shape index (κ3) is 4.73. The molecule has 0 heterocycles. The minimum Gasteiger partial charge on any atom is -0.0622 e. The molecule has 0 saturated heterocycles. The second-order valence-corrected chi connectivity index (χ2v) is 16.3. The van der Waals surface area contributed by atoms with Crippen molar-refractivity contribution >= 4 is 32.3 Å². The standard InChI is InChI=1S/C60H36/c1-5-15-37(16-6-1)41-27-29-45-49-33-31-44(47-23-13-25-48(57(47)49)53(45)35-41)42-28-30-50-54(36-42)56(40-21-11-4-12-22-40)59-51-26-14-24-46-43(38-17-7-2-8-18-38)32-34-52(58(46)51)60(59)55(50)39-19-9-3-10-20-39/h1-36H. The summed E-state index contributed by atoms with van der Waals surface area (Å²) in [5.41, 5.74) is 23.0. The normalized spacial score (nSPS) is 12.0. The lowest BCUT2D eigenvalue weighted by Gasteiger charge is -2.21. The molecule has 60 heavy (non-hydrogen) atoms. The van der Waals surface area contributed by atoms with Crippen LogP contribution in [0.3, 0.4) is 0 Å². The second kappa shape index (κ2) is 12.9. The lowest BCUT2D eigenvalue weighted by atomic mass is 9.81. The largest absolute Gasteiger partial charge is 0.0622 e. The van der Waals surface area contributed by atoms with Crippen LogP contribution in [-0.4, -0.2) is 0 Å². The zero-order valence-corrected chi connectivity index (χ0v) is 32.8. The average molecular weight is 757 g/mol. The molecule has 0 nitrogen and oxygen atoms in total. The minimum atomic E-state index is 1.23. The summed E-state index contributed by atoms with van der Waals surface area (Å²) in [5, 5.41) is 7.79. The molecule has 13 rings (SSSR count). The summed E-state index contributed by atoms with van der Waals surface area (Å²) in [4.78, 5) is 0. The second-order valence-electron chi connectivity index (χ2n) is 16.3. The van der Waals surface area contributed by atoms with Crippen LogP contribution < -0.4 is 0 Å². The van der Waals surface area contributed by atoms with Gasteiger partial charge in [0, 0.05) is 0 Å². The fraction of sp³-hybridized carbons (Fsp3) is 0. The van der Waals surface area contributed by atoms with Crippen LogP contribution in [-0.2, 0) is 0 Å². The summed E-state index contributed by atoms with van der Waals surface area (Å²) in [6, 6.07) is 81.2. The fourth-order valence-electron chi connectivity index (χ4n) is 10.6. The van der Waals surface area contributed by atoms with E-state index in [0.717, 1.165) is 0 Å². The molecule has 0 unspecified atom stereocenters. The van der Waals surface area contributed by atoms with Gasteiger partial charge in [0.25, 0.3) is 0 Å². The van der Waals surface area contributed by atoms with E-state index in [1.54, 1.807) is 0 Å². The highest BCUT2D eigenvalue weighted by molar-refractivity contribution is 6.29. The highest BCUT2D eigenvalue weighted by Gasteiger charge is 2.32. The molecule has 0 saturated carbocycles. The van der Waals surface area contributed by atoms with Crippen LogP contribution in [0.15, 0.2) is 218 Å².